The SMILES string of the molecule is CC.CCCCCN.CN1CCC(NC(=O)CN)CC1. The van der Waals surface area contributed by atoms with Crippen LogP contribution in [0.1, 0.15) is 52.9 Å². The lowest BCUT2D eigenvalue weighted by Gasteiger charge is -2.29. The first kappa shape index (κ1) is 21.6. The van der Waals surface area contributed by atoms with Crippen LogP contribution in [-0.2, 0) is 4.79 Å². The number of likely N-dealkylation sites (tertiary alicyclic amines) is 1. The molecule has 5 nitrogen and oxygen atoms in total. The number of nitrogens with zero attached hydrogens (tertiary/aromatic N) is 1. The first-order valence-corrected chi connectivity index (χ1v) is 8.02. The summed E-state index contributed by atoms with van der Waals surface area (Å²) >= 11 is 0. The van der Waals surface area contributed by atoms with Gasteiger partial charge in [-0.3, -0.25) is 4.79 Å². The van der Waals surface area contributed by atoms with Crippen molar-refractivity contribution in [3.63, 3.8) is 0 Å². The molecular formula is C15H36N4O. The van der Waals surface area contributed by atoms with Crippen molar-refractivity contribution in [1.29, 1.82) is 0 Å². The number of nitrogens with one attached hydrogen (secondary N) is 1. The summed E-state index contributed by atoms with van der Waals surface area (Å²) in [7, 11) is 2.10. The van der Waals surface area contributed by atoms with Crippen molar-refractivity contribution in [2.45, 2.75) is 58.9 Å². The maximum atomic E-state index is 10.9. The Hall–Kier alpha value is -0.650. The van der Waals surface area contributed by atoms with Gasteiger partial charge in [0.05, 0.1) is 6.54 Å². The highest BCUT2D eigenvalue weighted by atomic mass is 16.1. The Morgan fingerprint density at radius 2 is 1.75 bits per heavy atom. The van der Waals surface area contributed by atoms with Gasteiger partial charge in [0.2, 0.25) is 5.91 Å². The maximum absolute atomic E-state index is 10.9. The molecule has 1 saturated heterocycles. The van der Waals surface area contributed by atoms with Gasteiger partial charge in [0, 0.05) is 6.04 Å². The normalized spacial score (nSPS) is 15.5. The molecule has 0 bridgehead atoms. The second-order valence-electron chi connectivity index (χ2n) is 4.84. The number of piperidine rings is 1. The molecule has 0 unspecified atom stereocenters. The summed E-state index contributed by atoms with van der Waals surface area (Å²) in [6, 6.07) is 0.345. The molecular weight excluding hydrogens is 252 g/mol. The zero-order valence-corrected chi connectivity index (χ0v) is 14.0. The van der Waals surface area contributed by atoms with E-state index in [1.54, 1.807) is 0 Å². The molecule has 1 aliphatic rings. The average molecular weight is 288 g/mol. The zero-order chi connectivity index (χ0) is 15.8. The third-order valence-corrected chi connectivity index (χ3v) is 3.08. The number of carbonyl (C=O) groups excluding carboxylic acids is 1. The van der Waals surface area contributed by atoms with Gasteiger partial charge < -0.3 is 21.7 Å². The molecule has 0 aromatic heterocycles. The van der Waals surface area contributed by atoms with Crippen LogP contribution in [0.5, 0.6) is 0 Å². The lowest BCUT2D eigenvalue weighted by atomic mass is 10.1. The molecule has 0 aromatic carbocycles. The summed E-state index contributed by atoms with van der Waals surface area (Å²) in [6.07, 6.45) is 5.84. The smallest absolute Gasteiger partial charge is 0.233 e. The molecule has 0 saturated carbocycles. The van der Waals surface area contributed by atoms with E-state index in [0.717, 1.165) is 32.5 Å². The lowest BCUT2D eigenvalue weighted by molar-refractivity contribution is -0.120. The zero-order valence-electron chi connectivity index (χ0n) is 14.0. The molecule has 0 spiro atoms. The Bertz CT molecular complexity index is 200. The van der Waals surface area contributed by atoms with Gasteiger partial charge >= 0.3 is 0 Å². The van der Waals surface area contributed by atoms with Crippen molar-refractivity contribution >= 4 is 5.91 Å². The Morgan fingerprint density at radius 1 is 1.20 bits per heavy atom. The molecule has 1 rings (SSSR count). The van der Waals surface area contributed by atoms with Crippen molar-refractivity contribution in [2.24, 2.45) is 11.5 Å². The number of amides is 1. The Kier molecular flexibility index (Phi) is 17.8. The van der Waals surface area contributed by atoms with Crippen LogP contribution in [0, 0.1) is 0 Å². The minimum atomic E-state index is -0.0375. The third kappa shape index (κ3) is 13.8. The van der Waals surface area contributed by atoms with Crippen LogP contribution in [0.25, 0.3) is 0 Å². The highest BCUT2D eigenvalue weighted by molar-refractivity contribution is 5.78. The van der Waals surface area contributed by atoms with Crippen LogP contribution in [0.3, 0.4) is 0 Å². The van der Waals surface area contributed by atoms with E-state index in [1.807, 2.05) is 13.8 Å². The fourth-order valence-electron chi connectivity index (χ4n) is 1.83. The van der Waals surface area contributed by atoms with Crippen LogP contribution >= 0.6 is 0 Å². The molecule has 1 fully saturated rings. The Balaban J connectivity index is 0. The lowest BCUT2D eigenvalue weighted by Crippen LogP contribution is -2.45. The summed E-state index contributed by atoms with van der Waals surface area (Å²) < 4.78 is 0. The molecule has 122 valence electrons. The molecule has 0 atom stereocenters. The summed E-state index contributed by atoms with van der Waals surface area (Å²) in [5.41, 5.74) is 10.4. The van der Waals surface area contributed by atoms with Crippen LogP contribution in [0.15, 0.2) is 0 Å². The van der Waals surface area contributed by atoms with Crippen molar-refractivity contribution in [3.05, 3.63) is 0 Å². The van der Waals surface area contributed by atoms with E-state index in [0.29, 0.717) is 6.04 Å². The predicted molar refractivity (Wildman–Crippen MR) is 87.6 cm³/mol. The highest BCUT2D eigenvalue weighted by Crippen LogP contribution is 2.07. The summed E-state index contributed by atoms with van der Waals surface area (Å²) in [4.78, 5) is 13.2. The van der Waals surface area contributed by atoms with Gasteiger partial charge in [-0.05, 0) is 45.9 Å². The van der Waals surface area contributed by atoms with Crippen molar-refractivity contribution < 1.29 is 4.79 Å². The molecule has 5 N–H and O–H groups in total. The van der Waals surface area contributed by atoms with Crippen molar-refractivity contribution in [3.8, 4) is 0 Å². The average Bonchev–Trinajstić information content (AvgIpc) is 2.50. The van der Waals surface area contributed by atoms with Gasteiger partial charge in [-0.15, -0.1) is 0 Å². The second-order valence-corrected chi connectivity index (χ2v) is 4.84. The largest absolute Gasteiger partial charge is 0.352 e. The number of carbonyl (C=O) groups is 1. The van der Waals surface area contributed by atoms with Crippen molar-refractivity contribution in [1.82, 2.24) is 10.2 Å². The number of hydrogen-bond donors (Lipinski definition) is 3. The van der Waals surface area contributed by atoms with Gasteiger partial charge in [-0.2, -0.15) is 0 Å². The topological polar surface area (TPSA) is 84.4 Å². The van der Waals surface area contributed by atoms with Crippen LogP contribution < -0.4 is 16.8 Å². The number of nitrogens with two attached hydrogens (primary N) is 2. The van der Waals surface area contributed by atoms with Crippen LogP contribution in [-0.4, -0.2) is 50.1 Å². The van der Waals surface area contributed by atoms with E-state index in [2.05, 4.69) is 24.2 Å². The first-order valence-electron chi connectivity index (χ1n) is 8.02. The summed E-state index contributed by atoms with van der Waals surface area (Å²) in [5.74, 6) is -0.0375. The molecule has 0 radical (unpaired) electrons. The summed E-state index contributed by atoms with van der Waals surface area (Å²) in [5, 5.41) is 2.90. The molecule has 1 amide bonds. The van der Waals surface area contributed by atoms with E-state index in [1.165, 1.54) is 19.3 Å². The minimum absolute atomic E-state index is 0.0375. The minimum Gasteiger partial charge on any atom is -0.352 e. The second kappa shape index (κ2) is 16.4. The Labute approximate surface area is 125 Å². The summed E-state index contributed by atoms with van der Waals surface area (Å²) in [6.45, 7) is 9.26. The van der Waals surface area contributed by atoms with Crippen LogP contribution in [0.4, 0.5) is 0 Å². The molecule has 5 heteroatoms. The van der Waals surface area contributed by atoms with Gasteiger partial charge in [0.1, 0.15) is 0 Å². The van der Waals surface area contributed by atoms with E-state index < -0.39 is 0 Å². The molecule has 1 aliphatic heterocycles. The molecule has 20 heavy (non-hydrogen) atoms. The fraction of sp³-hybridized carbons (Fsp3) is 0.933. The maximum Gasteiger partial charge on any atom is 0.233 e. The van der Waals surface area contributed by atoms with E-state index in [9.17, 15) is 4.79 Å². The van der Waals surface area contributed by atoms with E-state index >= 15 is 0 Å². The van der Waals surface area contributed by atoms with Gasteiger partial charge in [0.25, 0.3) is 0 Å². The van der Waals surface area contributed by atoms with E-state index in [4.69, 9.17) is 11.5 Å². The first-order chi connectivity index (χ1) is 9.63. The number of unbranched alkanes of at least 4 members (excludes halogenated alkanes) is 2. The standard InChI is InChI=1S/C8H17N3O.C5H13N.C2H6/c1-11-4-2-7(3-5-11)10-8(12)6-9;1-2-3-4-5-6;1-2/h7H,2-6,9H2,1H3,(H,10,12);2-6H2,1H3;1-2H3. The van der Waals surface area contributed by atoms with Crippen LogP contribution in [0.2, 0.25) is 0 Å². The number of rotatable bonds is 5. The van der Waals surface area contributed by atoms with Crippen molar-refractivity contribution in [2.75, 3.05) is 33.2 Å². The van der Waals surface area contributed by atoms with E-state index in [-0.39, 0.29) is 12.5 Å². The highest BCUT2D eigenvalue weighted by Gasteiger charge is 2.17. The van der Waals surface area contributed by atoms with Gasteiger partial charge in [-0.1, -0.05) is 33.6 Å². The monoisotopic (exact) mass is 288 g/mol. The molecule has 0 aliphatic carbocycles. The predicted octanol–water partition coefficient (Wildman–Crippen LogP) is 1.32. The number of hydrogen-bond acceptors (Lipinski definition) is 4. The fourth-order valence-corrected chi connectivity index (χ4v) is 1.83. The molecule has 1 heterocycles. The molecule has 0 aromatic rings. The van der Waals surface area contributed by atoms with Gasteiger partial charge in [-0.25, -0.2) is 0 Å². The quantitative estimate of drug-likeness (QED) is 0.666. The van der Waals surface area contributed by atoms with Gasteiger partial charge in [0.15, 0.2) is 0 Å². The third-order valence-electron chi connectivity index (χ3n) is 3.08. The Morgan fingerprint density at radius 3 is 2.10 bits per heavy atom.